The van der Waals surface area contributed by atoms with E-state index in [1.807, 2.05) is 0 Å². The Hall–Kier alpha value is -8.72. The lowest BCUT2D eigenvalue weighted by molar-refractivity contribution is -0.163. The van der Waals surface area contributed by atoms with Gasteiger partial charge in [0.25, 0.3) is 11.8 Å². The number of aromatic nitrogens is 1. The predicted molar refractivity (Wildman–Crippen MR) is 325 cm³/mol. The molecular formula is C62H86N12O16. The van der Waals surface area contributed by atoms with Crippen molar-refractivity contribution in [2.75, 3.05) is 60.1 Å². The van der Waals surface area contributed by atoms with Crippen molar-refractivity contribution in [1.29, 1.82) is 0 Å². The fraction of sp³-hybridized carbons (Fsp3) is 0.613. The average Bonchev–Trinajstić information content (AvgIpc) is 0.893. The minimum absolute atomic E-state index is 0.0763. The smallest absolute Gasteiger partial charge is 0.329 e. The summed E-state index contributed by atoms with van der Waals surface area (Å²) in [6.07, 6.45) is -1.65. The lowest BCUT2D eigenvalue weighted by Gasteiger charge is -2.36. The zero-order valence-corrected chi connectivity index (χ0v) is 54.1. The minimum atomic E-state index is -1.88. The van der Waals surface area contributed by atoms with E-state index in [2.05, 4.69) is 21.3 Å². The number of hydrogen-bond donors (Lipinski definition) is 5. The van der Waals surface area contributed by atoms with Crippen molar-refractivity contribution in [2.24, 2.45) is 23.7 Å². The summed E-state index contributed by atoms with van der Waals surface area (Å²) in [5, 5.41) is 10.7. The van der Waals surface area contributed by atoms with Gasteiger partial charge in [0.2, 0.25) is 52.7 Å². The molecule has 0 saturated carbocycles. The van der Waals surface area contributed by atoms with Crippen molar-refractivity contribution in [2.45, 2.75) is 169 Å². The highest BCUT2D eigenvalue weighted by molar-refractivity contribution is 6.10. The fourth-order valence-electron chi connectivity index (χ4n) is 12.3. The summed E-state index contributed by atoms with van der Waals surface area (Å²) in [7, 11) is 5.59. The van der Waals surface area contributed by atoms with Crippen molar-refractivity contribution in [3.8, 4) is 11.5 Å². The molecule has 1 aromatic carbocycles. The van der Waals surface area contributed by atoms with Crippen LogP contribution in [-0.2, 0) is 57.4 Å². The standard InChI is InChI=1S/C62H86N12O16/c1-27(2)42-59(84)73-23-17-19-36(73)57(82)69(13)25-38(75)71(15)48(29(5)6)61(86)88-33(11)44(55(80)65-42)67-53(78)35-22-21-31(9)51-46(35)64-47-40(41(63)50(77)32(10)52(47)90-51)54(79)68-45-34(12)89-62(87)49(30(7)8)72(16)39(76)26-70(14)58(83)37-20-18-24-74(37)60(85)43(28(3)4)66-56(45)81/h21-22,27-30,33-34,36-37,42-45,48-49H,17-20,23-26,63H2,1-16H3,(H,65,80)(H,66,81)(H,67,78)(H,68,79)/t33-,34-,36+,37-,42-,43-,44+,45-,48+,49+/m1/s1. The summed E-state index contributed by atoms with van der Waals surface area (Å²) in [6, 6.07) is -7.90. The van der Waals surface area contributed by atoms with Crippen molar-refractivity contribution >= 4 is 87.8 Å². The van der Waals surface area contributed by atoms with E-state index in [1.54, 1.807) is 62.3 Å². The molecular weight excluding hydrogens is 1170 g/mol. The number of carbonyl (C=O) groups excluding carboxylic acids is 12. The molecule has 28 heteroatoms. The third kappa shape index (κ3) is 13.7. The minimum Gasteiger partial charge on any atom is -0.458 e. The van der Waals surface area contributed by atoms with Gasteiger partial charge >= 0.3 is 11.9 Å². The number of hydrogen-bond acceptors (Lipinski definition) is 18. The van der Waals surface area contributed by atoms with Gasteiger partial charge in [-0.2, -0.15) is 0 Å². The van der Waals surface area contributed by atoms with E-state index < -0.39 is 191 Å². The Balaban J connectivity index is 1.32. The SMILES string of the molecule is Cc1c2oc3c(C)ccc(C(=O)N[C@@H]4C(=O)N[C@H](C(C)C)C(=O)N5CCC[C@H]5C(=O)N(C)CC(=O)N(C)[C@@H](C(C)C)C(=O)O[C@@H]4C)c3nc-2c(C(=O)N[C@H]2C(=O)N[C@H](C(C)C)C(=O)N3CCC[C@@H]3C(=O)N(C)CC(=O)N(C)[C@@H](C(C)C)C(=O)O[C@@H]2C)c(N)c1=O. The first kappa shape index (κ1) is 68.8. The monoisotopic (exact) mass is 1250 g/mol. The molecule has 0 radical (unpaired) electrons. The number of nitrogen functional groups attached to an aromatic ring is 1. The van der Waals surface area contributed by atoms with Gasteiger partial charge < -0.3 is 70.3 Å². The first-order chi connectivity index (χ1) is 42.1. The Morgan fingerprint density at radius 2 is 1.03 bits per heavy atom. The number of esters is 2. The van der Waals surface area contributed by atoms with Gasteiger partial charge in [0.15, 0.2) is 11.3 Å². The Labute approximate surface area is 522 Å². The van der Waals surface area contributed by atoms with Crippen molar-refractivity contribution < 1.29 is 71.4 Å². The normalized spacial score (nSPS) is 26.2. The van der Waals surface area contributed by atoms with Gasteiger partial charge in [-0.05, 0) is 88.7 Å². The van der Waals surface area contributed by atoms with Crippen LogP contribution in [0.2, 0.25) is 0 Å². The van der Waals surface area contributed by atoms with Gasteiger partial charge in [-0.15, -0.1) is 0 Å². The Bertz CT molecular complexity index is 3420. The molecule has 5 aliphatic heterocycles. The second kappa shape index (κ2) is 27.6. The molecule has 5 heterocycles. The van der Waals surface area contributed by atoms with Crippen LogP contribution in [0.3, 0.4) is 0 Å². The molecule has 0 bridgehead atoms. The van der Waals surface area contributed by atoms with E-state index in [0.29, 0.717) is 18.4 Å². The Kier molecular flexibility index (Phi) is 21.1. The average molecular weight is 1260 g/mol. The number of aryl methyl sites for hydroxylation is 1. The molecule has 490 valence electrons. The quantitative estimate of drug-likeness (QED) is 0.118. The lowest BCUT2D eigenvalue weighted by Crippen LogP contribution is -2.61. The van der Waals surface area contributed by atoms with E-state index in [9.17, 15) is 52.7 Å². The van der Waals surface area contributed by atoms with Crippen molar-refractivity contribution in [1.82, 2.24) is 55.7 Å². The number of ether oxygens (including phenoxy) is 2. The van der Waals surface area contributed by atoms with E-state index >= 15 is 9.59 Å². The third-order valence-electron chi connectivity index (χ3n) is 17.5. The van der Waals surface area contributed by atoms with E-state index in [0.717, 1.165) is 9.80 Å². The van der Waals surface area contributed by atoms with E-state index in [-0.39, 0.29) is 53.9 Å². The molecule has 10 amide bonds. The summed E-state index contributed by atoms with van der Waals surface area (Å²) < 4.78 is 18.3. The molecule has 1 aromatic rings. The van der Waals surface area contributed by atoms with Gasteiger partial charge in [-0.25, -0.2) is 14.6 Å². The summed E-state index contributed by atoms with van der Waals surface area (Å²) in [5.41, 5.74) is 3.57. The first-order valence-electron chi connectivity index (χ1n) is 30.5. The van der Waals surface area contributed by atoms with Gasteiger partial charge in [-0.3, -0.25) is 52.7 Å². The summed E-state index contributed by atoms with van der Waals surface area (Å²) >= 11 is 0. The van der Waals surface area contributed by atoms with Crippen LogP contribution in [0, 0.1) is 37.5 Å². The number of nitrogens with two attached hydrogens (primary N) is 1. The molecule has 0 aromatic heterocycles. The number of cyclic esters (lactones) is 2. The number of anilines is 1. The van der Waals surface area contributed by atoms with Crippen LogP contribution in [0.4, 0.5) is 5.69 Å². The van der Waals surface area contributed by atoms with Crippen molar-refractivity contribution in [3.63, 3.8) is 0 Å². The molecule has 4 saturated heterocycles. The number of carbonyl (C=O) groups is 12. The van der Waals surface area contributed by atoms with Gasteiger partial charge in [0.1, 0.15) is 71.8 Å². The maximum Gasteiger partial charge on any atom is 0.329 e. The van der Waals surface area contributed by atoms with Gasteiger partial charge in [0, 0.05) is 46.8 Å². The highest BCUT2D eigenvalue weighted by Gasteiger charge is 2.46. The zero-order chi connectivity index (χ0) is 67.0. The molecule has 28 nitrogen and oxygen atoms in total. The number of fused-ring (bicyclic) bond motifs is 4. The van der Waals surface area contributed by atoms with Crippen molar-refractivity contribution in [3.05, 3.63) is 44.6 Å². The number of rotatable bonds is 8. The molecule has 10 atom stereocenters. The molecule has 1 aliphatic carbocycles. The number of nitrogens with zero attached hydrogens (tertiary/aromatic N) is 7. The Morgan fingerprint density at radius 3 is 1.44 bits per heavy atom. The van der Waals surface area contributed by atoms with Crippen LogP contribution in [0.1, 0.15) is 127 Å². The van der Waals surface area contributed by atoms with Crippen LogP contribution in [0.5, 0.6) is 0 Å². The topological polar surface area (TPSA) is 360 Å². The molecule has 7 rings (SSSR count). The van der Waals surface area contributed by atoms with E-state index in [4.69, 9.17) is 24.6 Å². The highest BCUT2D eigenvalue weighted by Crippen LogP contribution is 2.35. The first-order valence-corrected chi connectivity index (χ1v) is 30.5. The van der Waals surface area contributed by atoms with Gasteiger partial charge in [0.05, 0.1) is 29.9 Å². The third-order valence-corrected chi connectivity index (χ3v) is 17.5. The maximum absolute atomic E-state index is 15.2. The molecule has 4 fully saturated rings. The van der Waals surface area contributed by atoms with Crippen LogP contribution in [0.25, 0.3) is 22.6 Å². The predicted octanol–water partition coefficient (Wildman–Crippen LogP) is 0.726. The largest absolute Gasteiger partial charge is 0.458 e. The second-order valence-electron chi connectivity index (χ2n) is 25.5. The number of nitrogens with one attached hydrogen (secondary N) is 4. The van der Waals surface area contributed by atoms with Crippen LogP contribution in [0.15, 0.2) is 21.3 Å². The van der Waals surface area contributed by atoms with E-state index in [1.165, 1.54) is 80.7 Å². The summed E-state index contributed by atoms with van der Waals surface area (Å²) in [4.78, 5) is 199. The molecule has 6 aliphatic rings. The lowest BCUT2D eigenvalue weighted by atomic mass is 9.98. The maximum atomic E-state index is 15.2. The fourth-order valence-corrected chi connectivity index (χ4v) is 12.3. The van der Waals surface area contributed by atoms with Crippen LogP contribution >= 0.6 is 0 Å². The highest BCUT2D eigenvalue weighted by atomic mass is 16.6. The van der Waals surface area contributed by atoms with Crippen LogP contribution < -0.4 is 32.4 Å². The molecule has 6 N–H and O–H groups in total. The van der Waals surface area contributed by atoms with Gasteiger partial charge in [-0.1, -0.05) is 61.5 Å². The van der Waals surface area contributed by atoms with Crippen LogP contribution in [-0.4, -0.2) is 220 Å². The second-order valence-corrected chi connectivity index (χ2v) is 25.5. The number of benzene rings is 2. The number of amides is 10. The Morgan fingerprint density at radius 1 is 0.611 bits per heavy atom. The summed E-state index contributed by atoms with van der Waals surface area (Å²) in [5.74, 6) is -12.4. The molecule has 90 heavy (non-hydrogen) atoms. The zero-order valence-electron chi connectivity index (χ0n) is 54.1. The summed E-state index contributed by atoms with van der Waals surface area (Å²) in [6.45, 7) is 18.4. The molecule has 0 spiro atoms. The number of likely N-dealkylation sites (N-methyl/N-ethyl adjacent to an activating group) is 4. The molecule has 0 unspecified atom stereocenters.